The van der Waals surface area contributed by atoms with Crippen molar-refractivity contribution in [2.75, 3.05) is 13.2 Å². The average Bonchev–Trinajstić information content (AvgIpc) is 3.30. The molecule has 0 heterocycles. The van der Waals surface area contributed by atoms with E-state index in [9.17, 15) is 14.4 Å². The van der Waals surface area contributed by atoms with Crippen molar-refractivity contribution < 1.29 is 28.6 Å². The molecule has 0 aromatic carbocycles. The van der Waals surface area contributed by atoms with Gasteiger partial charge in [0.25, 0.3) is 0 Å². The number of hydrogen-bond acceptors (Lipinski definition) is 6. The highest BCUT2D eigenvalue weighted by molar-refractivity contribution is 5.71. The van der Waals surface area contributed by atoms with Crippen molar-refractivity contribution in [1.29, 1.82) is 0 Å². The molecule has 0 saturated heterocycles. The Morgan fingerprint density at radius 3 is 0.877 bits per heavy atom. The summed E-state index contributed by atoms with van der Waals surface area (Å²) in [7, 11) is 0. The van der Waals surface area contributed by atoms with Gasteiger partial charge in [0.2, 0.25) is 0 Å². The summed E-state index contributed by atoms with van der Waals surface area (Å²) in [6.45, 7) is 6.65. The van der Waals surface area contributed by atoms with Crippen molar-refractivity contribution >= 4 is 17.9 Å². The van der Waals surface area contributed by atoms with E-state index in [1.54, 1.807) is 0 Å². The Morgan fingerprint density at radius 2 is 0.554 bits per heavy atom. The lowest BCUT2D eigenvalue weighted by Gasteiger charge is -2.18. The smallest absolute Gasteiger partial charge is 0.306 e. The maximum absolute atomic E-state index is 12.8. The van der Waals surface area contributed by atoms with E-state index in [-0.39, 0.29) is 31.1 Å². The van der Waals surface area contributed by atoms with Crippen LogP contribution in [-0.2, 0) is 28.6 Å². The van der Waals surface area contributed by atoms with Crippen LogP contribution in [0.5, 0.6) is 0 Å². The van der Waals surface area contributed by atoms with Crippen molar-refractivity contribution in [2.24, 2.45) is 0 Å². The van der Waals surface area contributed by atoms with E-state index in [2.05, 4.69) is 45.1 Å². The first-order valence-corrected chi connectivity index (χ1v) is 28.8. The van der Waals surface area contributed by atoms with Gasteiger partial charge in [-0.15, -0.1) is 0 Å². The molecule has 0 aromatic rings. The van der Waals surface area contributed by atoms with E-state index in [1.165, 1.54) is 199 Å². The van der Waals surface area contributed by atoms with Gasteiger partial charge in [0, 0.05) is 19.3 Å². The molecule has 0 unspecified atom stereocenters. The highest BCUT2D eigenvalue weighted by Gasteiger charge is 2.19. The van der Waals surface area contributed by atoms with E-state index < -0.39 is 6.10 Å². The molecule has 0 aliphatic rings. The van der Waals surface area contributed by atoms with Crippen LogP contribution in [0.3, 0.4) is 0 Å². The molecule has 0 aliphatic carbocycles. The Bertz CT molecular complexity index is 1050. The van der Waals surface area contributed by atoms with Gasteiger partial charge < -0.3 is 14.2 Å². The molecule has 0 saturated carbocycles. The zero-order valence-corrected chi connectivity index (χ0v) is 43.8. The van der Waals surface area contributed by atoms with E-state index in [0.29, 0.717) is 19.3 Å². The molecular formula is C59H110O6. The van der Waals surface area contributed by atoms with Crippen LogP contribution < -0.4 is 0 Å². The van der Waals surface area contributed by atoms with Crippen LogP contribution in [-0.4, -0.2) is 37.2 Å². The summed E-state index contributed by atoms with van der Waals surface area (Å²) >= 11 is 0. The molecule has 0 rings (SSSR count). The standard InChI is InChI=1S/C59H110O6/c1-4-7-10-13-16-19-22-25-28-29-32-34-37-40-43-46-49-52-58(61)64-55-56(65-59(62)53-50-47-44-41-38-35-31-27-24-21-18-15-12-9-6-3)54-63-57(60)51-48-45-42-39-36-33-30-26-23-20-17-14-11-8-5-2/h18,21,27,31,56H,4-17,19-20,22-26,28-30,32-55H2,1-3H3/t56-/m1/s1. The number of ether oxygens (including phenoxy) is 3. The number of hydrogen-bond donors (Lipinski definition) is 0. The van der Waals surface area contributed by atoms with E-state index >= 15 is 0 Å². The first kappa shape index (κ1) is 62.9. The fraction of sp³-hybridized carbons (Fsp3) is 0.881. The molecule has 0 N–H and O–H groups in total. The number of carbonyl (C=O) groups excluding carboxylic acids is 3. The molecule has 0 fully saturated rings. The predicted molar refractivity (Wildman–Crippen MR) is 279 cm³/mol. The Labute approximate surface area is 404 Å². The molecule has 1 atom stereocenters. The predicted octanol–water partition coefficient (Wildman–Crippen LogP) is 19.1. The van der Waals surface area contributed by atoms with Crippen LogP contribution >= 0.6 is 0 Å². The summed E-state index contributed by atoms with van der Waals surface area (Å²) in [6, 6.07) is 0. The third-order valence-electron chi connectivity index (χ3n) is 13.0. The number of allylic oxidation sites excluding steroid dienone is 4. The number of carbonyl (C=O) groups is 3. The molecular weight excluding hydrogens is 805 g/mol. The first-order valence-electron chi connectivity index (χ1n) is 28.8. The van der Waals surface area contributed by atoms with Crippen molar-refractivity contribution in [3.8, 4) is 0 Å². The third kappa shape index (κ3) is 52.7. The lowest BCUT2D eigenvalue weighted by Crippen LogP contribution is -2.30. The Kier molecular flexibility index (Phi) is 52.7. The second-order valence-electron chi connectivity index (χ2n) is 19.6. The number of unbranched alkanes of at least 4 members (excludes halogenated alkanes) is 38. The molecule has 0 spiro atoms. The van der Waals surface area contributed by atoms with E-state index in [4.69, 9.17) is 14.2 Å². The van der Waals surface area contributed by atoms with Gasteiger partial charge in [-0.1, -0.05) is 270 Å². The second-order valence-corrected chi connectivity index (χ2v) is 19.6. The zero-order chi connectivity index (χ0) is 47.2. The Balaban J connectivity index is 4.34. The maximum Gasteiger partial charge on any atom is 0.306 e. The van der Waals surface area contributed by atoms with Gasteiger partial charge in [-0.05, 0) is 51.4 Å². The molecule has 6 heteroatoms. The second kappa shape index (κ2) is 54.5. The molecule has 0 bridgehead atoms. The molecule has 0 aliphatic heterocycles. The monoisotopic (exact) mass is 915 g/mol. The van der Waals surface area contributed by atoms with Crippen LogP contribution in [0.2, 0.25) is 0 Å². The minimum Gasteiger partial charge on any atom is -0.462 e. The Hall–Kier alpha value is -2.11. The quantitative estimate of drug-likeness (QED) is 0.0262. The number of esters is 3. The lowest BCUT2D eigenvalue weighted by molar-refractivity contribution is -0.167. The van der Waals surface area contributed by atoms with Gasteiger partial charge in [0.1, 0.15) is 13.2 Å². The van der Waals surface area contributed by atoms with Crippen LogP contribution in [0, 0.1) is 0 Å². The van der Waals surface area contributed by atoms with E-state index in [1.807, 2.05) is 0 Å². The minimum absolute atomic E-state index is 0.0715. The van der Waals surface area contributed by atoms with Gasteiger partial charge in [-0.2, -0.15) is 0 Å². The normalized spacial score (nSPS) is 12.1. The summed E-state index contributed by atoms with van der Waals surface area (Å²) in [5, 5.41) is 0. The molecule has 0 aromatic heterocycles. The topological polar surface area (TPSA) is 78.9 Å². The first-order chi connectivity index (χ1) is 32.0. The van der Waals surface area contributed by atoms with Gasteiger partial charge in [0.05, 0.1) is 0 Å². The van der Waals surface area contributed by atoms with Crippen LogP contribution in [0.1, 0.15) is 316 Å². The van der Waals surface area contributed by atoms with Crippen LogP contribution in [0.4, 0.5) is 0 Å². The van der Waals surface area contributed by atoms with Gasteiger partial charge in [0.15, 0.2) is 6.10 Å². The molecule has 6 nitrogen and oxygen atoms in total. The SMILES string of the molecule is CCCCCC=CCC=CCCCCCCCC(=O)O[C@H](COC(=O)CCCCCCCCCCCCCCCCC)COC(=O)CCCCCCCCCCCCCCCCCCC. The zero-order valence-electron chi connectivity index (χ0n) is 43.8. The highest BCUT2D eigenvalue weighted by atomic mass is 16.6. The van der Waals surface area contributed by atoms with Gasteiger partial charge in [-0.25, -0.2) is 0 Å². The summed E-state index contributed by atoms with van der Waals surface area (Å²) in [5.41, 5.74) is 0. The maximum atomic E-state index is 12.8. The Morgan fingerprint density at radius 1 is 0.308 bits per heavy atom. The fourth-order valence-electron chi connectivity index (χ4n) is 8.59. The molecule has 0 amide bonds. The largest absolute Gasteiger partial charge is 0.462 e. The van der Waals surface area contributed by atoms with Crippen molar-refractivity contribution in [2.45, 2.75) is 322 Å². The fourth-order valence-corrected chi connectivity index (χ4v) is 8.59. The summed E-state index contributed by atoms with van der Waals surface area (Å²) in [4.78, 5) is 38.1. The van der Waals surface area contributed by atoms with Gasteiger partial charge >= 0.3 is 17.9 Å². The van der Waals surface area contributed by atoms with Gasteiger partial charge in [-0.3, -0.25) is 14.4 Å². The minimum atomic E-state index is -0.773. The molecule has 0 radical (unpaired) electrons. The third-order valence-corrected chi connectivity index (χ3v) is 13.0. The summed E-state index contributed by atoms with van der Waals surface area (Å²) < 4.78 is 16.9. The van der Waals surface area contributed by atoms with Crippen molar-refractivity contribution in [1.82, 2.24) is 0 Å². The highest BCUT2D eigenvalue weighted by Crippen LogP contribution is 2.17. The molecule has 65 heavy (non-hydrogen) atoms. The number of rotatable bonds is 53. The van der Waals surface area contributed by atoms with Crippen LogP contribution in [0.15, 0.2) is 24.3 Å². The van der Waals surface area contributed by atoms with Crippen LogP contribution in [0.25, 0.3) is 0 Å². The lowest BCUT2D eigenvalue weighted by atomic mass is 10.0. The summed E-state index contributed by atoms with van der Waals surface area (Å²) in [6.07, 6.45) is 63.0. The summed E-state index contributed by atoms with van der Waals surface area (Å²) in [5.74, 6) is -0.863. The molecule has 382 valence electrons. The van der Waals surface area contributed by atoms with Crippen molar-refractivity contribution in [3.63, 3.8) is 0 Å². The van der Waals surface area contributed by atoms with Crippen molar-refractivity contribution in [3.05, 3.63) is 24.3 Å². The average molecular weight is 916 g/mol. The van der Waals surface area contributed by atoms with E-state index in [0.717, 1.165) is 77.0 Å².